The lowest BCUT2D eigenvalue weighted by Crippen LogP contribution is -2.44. The van der Waals surface area contributed by atoms with Crippen LogP contribution in [0.4, 0.5) is 0 Å². The summed E-state index contributed by atoms with van der Waals surface area (Å²) in [4.78, 5) is 15.9. The fraction of sp³-hybridized carbons (Fsp3) is 0.481. The molecule has 2 aliphatic heterocycles. The number of rotatable bonds is 8. The van der Waals surface area contributed by atoms with Gasteiger partial charge in [0.05, 0.1) is 46.7 Å². The summed E-state index contributed by atoms with van der Waals surface area (Å²) in [6, 6.07) is 11.5. The van der Waals surface area contributed by atoms with Crippen LogP contribution < -0.4 is 18.9 Å². The van der Waals surface area contributed by atoms with Gasteiger partial charge in [-0.15, -0.1) is 0 Å². The lowest BCUT2D eigenvalue weighted by Gasteiger charge is -2.34. The normalized spacial score (nSPS) is 20.4. The van der Waals surface area contributed by atoms with E-state index in [1.54, 1.807) is 33.4 Å². The van der Waals surface area contributed by atoms with Crippen molar-refractivity contribution in [3.63, 3.8) is 0 Å². The first-order chi connectivity index (χ1) is 17.0. The molecule has 188 valence electrons. The molecule has 35 heavy (non-hydrogen) atoms. The SMILES string of the molecule is COc1ccc(C2CC(c3ccc(OC)c(OC)c3)=NN2C(=O)CN2CCCCC2C)c(OC)c1. The molecule has 4 rings (SSSR count). The molecule has 8 heteroatoms. The second-order valence-electron chi connectivity index (χ2n) is 9.00. The summed E-state index contributed by atoms with van der Waals surface area (Å²) in [7, 11) is 6.47. The average molecular weight is 482 g/mol. The summed E-state index contributed by atoms with van der Waals surface area (Å²) in [6.45, 7) is 3.47. The van der Waals surface area contributed by atoms with E-state index in [1.807, 2.05) is 36.4 Å². The van der Waals surface area contributed by atoms with Crippen molar-refractivity contribution < 1.29 is 23.7 Å². The van der Waals surface area contributed by atoms with Crippen molar-refractivity contribution in [3.8, 4) is 23.0 Å². The van der Waals surface area contributed by atoms with Gasteiger partial charge in [0.1, 0.15) is 11.5 Å². The predicted octanol–water partition coefficient (Wildman–Crippen LogP) is 4.27. The summed E-state index contributed by atoms with van der Waals surface area (Å²) in [5.41, 5.74) is 2.60. The minimum absolute atomic E-state index is 0.0166. The van der Waals surface area contributed by atoms with Crippen molar-refractivity contribution in [2.45, 2.75) is 44.7 Å². The Morgan fingerprint density at radius 2 is 1.71 bits per heavy atom. The molecule has 2 aromatic rings. The number of hydrazone groups is 1. The molecule has 2 heterocycles. The Morgan fingerprint density at radius 3 is 2.40 bits per heavy atom. The summed E-state index contributed by atoms with van der Waals surface area (Å²) in [5.74, 6) is 2.62. The van der Waals surface area contributed by atoms with Crippen molar-refractivity contribution >= 4 is 11.6 Å². The zero-order valence-electron chi connectivity index (χ0n) is 21.2. The largest absolute Gasteiger partial charge is 0.497 e. The first-order valence-corrected chi connectivity index (χ1v) is 12.1. The van der Waals surface area contributed by atoms with Gasteiger partial charge in [0, 0.05) is 29.7 Å². The van der Waals surface area contributed by atoms with E-state index in [1.165, 1.54) is 6.42 Å². The van der Waals surface area contributed by atoms with Crippen LogP contribution in [0.25, 0.3) is 0 Å². The standard InChI is InChI=1S/C27H35N3O5/c1-18-8-6-7-13-29(18)17-27(31)30-23(21-11-10-20(32-2)15-25(21)34-4)16-22(28-30)19-9-12-24(33-3)26(14-19)35-5/h9-12,14-15,18,23H,6-8,13,16-17H2,1-5H3. The Balaban J connectivity index is 1.69. The fourth-order valence-corrected chi connectivity index (χ4v) is 4.91. The number of carbonyl (C=O) groups excluding carboxylic acids is 1. The van der Waals surface area contributed by atoms with Gasteiger partial charge < -0.3 is 18.9 Å². The third kappa shape index (κ3) is 5.22. The van der Waals surface area contributed by atoms with Crippen LogP contribution in [-0.2, 0) is 4.79 Å². The topological polar surface area (TPSA) is 72.8 Å². The number of likely N-dealkylation sites (tertiary alicyclic amines) is 1. The summed E-state index contributed by atoms with van der Waals surface area (Å²) < 4.78 is 21.9. The Bertz CT molecular complexity index is 1090. The number of methoxy groups -OCH3 is 4. The van der Waals surface area contributed by atoms with Gasteiger partial charge in [-0.25, -0.2) is 5.01 Å². The fourth-order valence-electron chi connectivity index (χ4n) is 4.91. The van der Waals surface area contributed by atoms with Gasteiger partial charge in [0.25, 0.3) is 5.91 Å². The van der Waals surface area contributed by atoms with Gasteiger partial charge >= 0.3 is 0 Å². The van der Waals surface area contributed by atoms with Crippen LogP contribution in [-0.4, -0.2) is 69.1 Å². The van der Waals surface area contributed by atoms with Crippen LogP contribution in [0.5, 0.6) is 23.0 Å². The van der Waals surface area contributed by atoms with Gasteiger partial charge in [-0.05, 0) is 56.6 Å². The van der Waals surface area contributed by atoms with Crippen molar-refractivity contribution in [3.05, 3.63) is 47.5 Å². The maximum absolute atomic E-state index is 13.6. The van der Waals surface area contributed by atoms with Crippen LogP contribution in [0.3, 0.4) is 0 Å². The molecule has 0 N–H and O–H groups in total. The van der Waals surface area contributed by atoms with Gasteiger partial charge in [-0.2, -0.15) is 5.10 Å². The molecule has 0 saturated carbocycles. The van der Waals surface area contributed by atoms with E-state index in [-0.39, 0.29) is 11.9 Å². The van der Waals surface area contributed by atoms with Crippen LogP contribution >= 0.6 is 0 Å². The quantitative estimate of drug-likeness (QED) is 0.561. The van der Waals surface area contributed by atoms with Gasteiger partial charge in [-0.3, -0.25) is 9.69 Å². The predicted molar refractivity (Wildman–Crippen MR) is 135 cm³/mol. The number of hydrogen-bond donors (Lipinski definition) is 0. The zero-order valence-corrected chi connectivity index (χ0v) is 21.2. The number of ether oxygens (including phenoxy) is 4. The molecule has 0 bridgehead atoms. The first kappa shape index (κ1) is 24.9. The number of hydrogen-bond acceptors (Lipinski definition) is 7. The highest BCUT2D eigenvalue weighted by Crippen LogP contribution is 2.40. The molecule has 0 aliphatic carbocycles. The molecule has 2 aromatic carbocycles. The van der Waals surface area contributed by atoms with Crippen molar-refractivity contribution in [1.82, 2.24) is 9.91 Å². The smallest absolute Gasteiger partial charge is 0.257 e. The molecule has 2 unspecified atom stereocenters. The number of benzene rings is 2. The second kappa shape index (κ2) is 11.0. The number of carbonyl (C=O) groups is 1. The highest BCUT2D eigenvalue weighted by Gasteiger charge is 2.36. The molecular weight excluding hydrogens is 446 g/mol. The highest BCUT2D eigenvalue weighted by molar-refractivity contribution is 6.03. The number of amides is 1. The Morgan fingerprint density at radius 1 is 0.943 bits per heavy atom. The number of piperidine rings is 1. The zero-order chi connectivity index (χ0) is 24.9. The van der Waals surface area contributed by atoms with E-state index in [0.29, 0.717) is 42.0 Å². The van der Waals surface area contributed by atoms with E-state index < -0.39 is 0 Å². The van der Waals surface area contributed by atoms with Crippen molar-refractivity contribution in [2.75, 3.05) is 41.5 Å². The first-order valence-electron chi connectivity index (χ1n) is 12.1. The minimum atomic E-state index is -0.286. The van der Waals surface area contributed by atoms with Gasteiger partial charge in [0.2, 0.25) is 0 Å². The maximum Gasteiger partial charge on any atom is 0.257 e. The molecule has 1 amide bonds. The Kier molecular flexibility index (Phi) is 7.80. The molecule has 8 nitrogen and oxygen atoms in total. The van der Waals surface area contributed by atoms with E-state index in [4.69, 9.17) is 24.0 Å². The monoisotopic (exact) mass is 481 g/mol. The maximum atomic E-state index is 13.6. The minimum Gasteiger partial charge on any atom is -0.497 e. The number of nitrogens with zero attached hydrogens (tertiary/aromatic N) is 3. The van der Waals surface area contributed by atoms with Crippen LogP contribution in [0.2, 0.25) is 0 Å². The second-order valence-corrected chi connectivity index (χ2v) is 9.00. The van der Waals surface area contributed by atoms with Crippen LogP contribution in [0, 0.1) is 0 Å². The van der Waals surface area contributed by atoms with Gasteiger partial charge in [-0.1, -0.05) is 6.42 Å². The molecule has 2 atom stereocenters. The van der Waals surface area contributed by atoms with Crippen molar-refractivity contribution in [2.24, 2.45) is 5.10 Å². The summed E-state index contributed by atoms with van der Waals surface area (Å²) >= 11 is 0. The van der Waals surface area contributed by atoms with E-state index in [2.05, 4.69) is 11.8 Å². The molecule has 1 fully saturated rings. The lowest BCUT2D eigenvalue weighted by molar-refractivity contribution is -0.135. The van der Waals surface area contributed by atoms with E-state index in [9.17, 15) is 4.79 Å². The van der Waals surface area contributed by atoms with Crippen molar-refractivity contribution in [1.29, 1.82) is 0 Å². The summed E-state index contributed by atoms with van der Waals surface area (Å²) in [6.07, 6.45) is 4.00. The molecule has 0 aromatic heterocycles. The lowest BCUT2D eigenvalue weighted by atomic mass is 9.97. The molecule has 1 saturated heterocycles. The average Bonchev–Trinajstić information content (AvgIpc) is 3.34. The van der Waals surface area contributed by atoms with E-state index >= 15 is 0 Å². The van der Waals surface area contributed by atoms with Crippen LogP contribution in [0.1, 0.15) is 49.8 Å². The highest BCUT2D eigenvalue weighted by atomic mass is 16.5. The van der Waals surface area contributed by atoms with Gasteiger partial charge in [0.15, 0.2) is 11.5 Å². The van der Waals surface area contributed by atoms with Crippen LogP contribution in [0.15, 0.2) is 41.5 Å². The Labute approximate surface area is 207 Å². The molecular formula is C27H35N3O5. The third-order valence-corrected chi connectivity index (χ3v) is 6.96. The summed E-state index contributed by atoms with van der Waals surface area (Å²) in [5, 5.41) is 6.48. The molecule has 2 aliphatic rings. The molecule has 0 radical (unpaired) electrons. The molecule has 0 spiro atoms. The van der Waals surface area contributed by atoms with E-state index in [0.717, 1.165) is 36.2 Å². The third-order valence-electron chi connectivity index (χ3n) is 6.96. The Hall–Kier alpha value is -3.26.